The van der Waals surface area contributed by atoms with Crippen molar-refractivity contribution in [3.63, 3.8) is 0 Å². The van der Waals surface area contributed by atoms with Crippen molar-refractivity contribution in [1.29, 1.82) is 0 Å². The molecule has 15 heavy (non-hydrogen) atoms. The molecule has 0 saturated heterocycles. The Bertz CT molecular complexity index is 436. The lowest BCUT2D eigenvalue weighted by atomic mass is 10.4. The highest BCUT2D eigenvalue weighted by molar-refractivity contribution is 5.16. The largest absolute Gasteiger partial charge is 0.486 e. The standard InChI is InChI=1S/C11H13N3O/c1-9-13-6-10(14(9)2)8-15-11-4-3-5-12-7-11/h3-7H,8H2,1-2H3. The van der Waals surface area contributed by atoms with Gasteiger partial charge in [0.15, 0.2) is 0 Å². The molecule has 0 aliphatic heterocycles. The van der Waals surface area contributed by atoms with Crippen LogP contribution < -0.4 is 4.74 Å². The van der Waals surface area contributed by atoms with Gasteiger partial charge < -0.3 is 9.30 Å². The van der Waals surface area contributed by atoms with Gasteiger partial charge in [0.05, 0.1) is 18.1 Å². The molecule has 0 atom stereocenters. The summed E-state index contributed by atoms with van der Waals surface area (Å²) in [5.41, 5.74) is 1.05. The average molecular weight is 203 g/mol. The van der Waals surface area contributed by atoms with Crippen LogP contribution in [0.15, 0.2) is 30.7 Å². The van der Waals surface area contributed by atoms with E-state index in [1.54, 1.807) is 12.4 Å². The fourth-order valence-corrected chi connectivity index (χ4v) is 1.27. The third kappa shape index (κ3) is 2.15. The van der Waals surface area contributed by atoms with Crippen molar-refractivity contribution in [3.8, 4) is 5.75 Å². The second-order valence-corrected chi connectivity index (χ2v) is 3.33. The fraction of sp³-hybridized carbons (Fsp3) is 0.273. The number of hydrogen-bond donors (Lipinski definition) is 0. The number of aromatic nitrogens is 3. The number of pyridine rings is 1. The molecule has 2 aromatic rings. The van der Waals surface area contributed by atoms with E-state index in [9.17, 15) is 0 Å². The Morgan fingerprint density at radius 2 is 2.27 bits per heavy atom. The van der Waals surface area contributed by atoms with Crippen LogP contribution in [0.25, 0.3) is 0 Å². The number of nitrogens with zero attached hydrogens (tertiary/aromatic N) is 3. The Morgan fingerprint density at radius 3 is 2.87 bits per heavy atom. The van der Waals surface area contributed by atoms with E-state index in [-0.39, 0.29) is 0 Å². The summed E-state index contributed by atoms with van der Waals surface area (Å²) in [7, 11) is 1.98. The van der Waals surface area contributed by atoms with Crippen molar-refractivity contribution in [1.82, 2.24) is 14.5 Å². The van der Waals surface area contributed by atoms with Crippen molar-refractivity contribution in [2.24, 2.45) is 7.05 Å². The zero-order valence-corrected chi connectivity index (χ0v) is 8.84. The molecule has 2 rings (SSSR count). The Kier molecular flexibility index (Phi) is 2.67. The van der Waals surface area contributed by atoms with Gasteiger partial charge in [-0.3, -0.25) is 4.98 Å². The van der Waals surface area contributed by atoms with Gasteiger partial charge in [0.1, 0.15) is 18.2 Å². The summed E-state index contributed by atoms with van der Waals surface area (Å²) in [6.45, 7) is 2.48. The molecular formula is C11H13N3O. The van der Waals surface area contributed by atoms with Crippen LogP contribution in [0.2, 0.25) is 0 Å². The first kappa shape index (κ1) is 9.71. The van der Waals surface area contributed by atoms with E-state index < -0.39 is 0 Å². The lowest BCUT2D eigenvalue weighted by Crippen LogP contribution is -2.03. The topological polar surface area (TPSA) is 39.9 Å². The van der Waals surface area contributed by atoms with Crippen molar-refractivity contribution >= 4 is 0 Å². The summed E-state index contributed by atoms with van der Waals surface area (Å²) >= 11 is 0. The van der Waals surface area contributed by atoms with Gasteiger partial charge in [-0.1, -0.05) is 0 Å². The van der Waals surface area contributed by atoms with E-state index in [1.807, 2.05) is 36.9 Å². The van der Waals surface area contributed by atoms with E-state index in [4.69, 9.17) is 4.74 Å². The van der Waals surface area contributed by atoms with Crippen LogP contribution in [0.5, 0.6) is 5.75 Å². The molecule has 78 valence electrons. The second-order valence-electron chi connectivity index (χ2n) is 3.33. The Balaban J connectivity index is 2.02. The average Bonchev–Trinajstić information content (AvgIpc) is 2.59. The molecule has 2 heterocycles. The van der Waals surface area contributed by atoms with Crippen LogP contribution >= 0.6 is 0 Å². The van der Waals surface area contributed by atoms with Crippen LogP contribution in [-0.2, 0) is 13.7 Å². The first-order valence-electron chi connectivity index (χ1n) is 4.77. The Hall–Kier alpha value is -1.84. The third-order valence-corrected chi connectivity index (χ3v) is 2.34. The van der Waals surface area contributed by atoms with E-state index in [2.05, 4.69) is 9.97 Å². The first-order chi connectivity index (χ1) is 7.27. The number of aryl methyl sites for hydroxylation is 1. The van der Waals surface area contributed by atoms with Crippen LogP contribution in [0.3, 0.4) is 0 Å². The minimum Gasteiger partial charge on any atom is -0.486 e. The van der Waals surface area contributed by atoms with Gasteiger partial charge in [0, 0.05) is 13.2 Å². The Labute approximate surface area is 88.6 Å². The number of imidazole rings is 1. The van der Waals surface area contributed by atoms with Gasteiger partial charge in [-0.05, 0) is 19.1 Å². The first-order valence-corrected chi connectivity index (χ1v) is 4.77. The lowest BCUT2D eigenvalue weighted by molar-refractivity contribution is 0.295. The predicted octanol–water partition coefficient (Wildman–Crippen LogP) is 1.70. The highest BCUT2D eigenvalue weighted by Crippen LogP contribution is 2.10. The van der Waals surface area contributed by atoms with E-state index in [0.29, 0.717) is 6.61 Å². The molecule has 2 aromatic heterocycles. The van der Waals surface area contributed by atoms with Gasteiger partial charge in [-0.25, -0.2) is 4.98 Å². The quantitative estimate of drug-likeness (QED) is 0.762. The summed E-state index contributed by atoms with van der Waals surface area (Å²) in [5.74, 6) is 1.76. The molecule has 0 unspecified atom stereocenters. The van der Waals surface area contributed by atoms with Crippen LogP contribution in [0.4, 0.5) is 0 Å². The van der Waals surface area contributed by atoms with Crippen LogP contribution in [0.1, 0.15) is 11.5 Å². The number of rotatable bonds is 3. The monoisotopic (exact) mass is 203 g/mol. The summed E-state index contributed by atoms with van der Waals surface area (Å²) < 4.78 is 7.57. The normalized spacial score (nSPS) is 10.3. The van der Waals surface area contributed by atoms with E-state index >= 15 is 0 Å². The van der Waals surface area contributed by atoms with Crippen molar-refractivity contribution in [2.75, 3.05) is 0 Å². The number of hydrogen-bond acceptors (Lipinski definition) is 3. The van der Waals surface area contributed by atoms with Gasteiger partial charge in [0.2, 0.25) is 0 Å². The summed E-state index contributed by atoms with van der Waals surface area (Å²) in [5, 5.41) is 0. The second kappa shape index (κ2) is 4.13. The predicted molar refractivity (Wildman–Crippen MR) is 56.5 cm³/mol. The molecule has 4 nitrogen and oxygen atoms in total. The molecule has 0 fully saturated rings. The van der Waals surface area contributed by atoms with Gasteiger partial charge in [-0.2, -0.15) is 0 Å². The SMILES string of the molecule is Cc1ncc(COc2cccnc2)n1C. The van der Waals surface area contributed by atoms with Crippen molar-refractivity contribution in [2.45, 2.75) is 13.5 Å². The van der Waals surface area contributed by atoms with Crippen molar-refractivity contribution < 1.29 is 4.74 Å². The maximum absolute atomic E-state index is 5.56. The smallest absolute Gasteiger partial charge is 0.138 e. The Morgan fingerprint density at radius 1 is 1.40 bits per heavy atom. The third-order valence-electron chi connectivity index (χ3n) is 2.34. The van der Waals surface area contributed by atoms with Crippen LogP contribution in [0, 0.1) is 6.92 Å². The minimum atomic E-state index is 0.517. The van der Waals surface area contributed by atoms with Gasteiger partial charge in [-0.15, -0.1) is 0 Å². The molecular weight excluding hydrogens is 190 g/mol. The lowest BCUT2D eigenvalue weighted by Gasteiger charge is -2.06. The zero-order chi connectivity index (χ0) is 10.7. The molecule has 0 spiro atoms. The van der Waals surface area contributed by atoms with Gasteiger partial charge in [0.25, 0.3) is 0 Å². The minimum absolute atomic E-state index is 0.517. The maximum atomic E-state index is 5.56. The molecule has 0 aromatic carbocycles. The maximum Gasteiger partial charge on any atom is 0.138 e. The molecule has 0 saturated carbocycles. The fourth-order valence-electron chi connectivity index (χ4n) is 1.27. The highest BCUT2D eigenvalue weighted by atomic mass is 16.5. The summed E-state index contributed by atoms with van der Waals surface area (Å²) in [6.07, 6.45) is 5.25. The molecule has 0 bridgehead atoms. The number of ether oxygens (including phenoxy) is 1. The highest BCUT2D eigenvalue weighted by Gasteiger charge is 2.02. The molecule has 0 amide bonds. The van der Waals surface area contributed by atoms with Crippen LogP contribution in [-0.4, -0.2) is 14.5 Å². The van der Waals surface area contributed by atoms with Crippen molar-refractivity contribution in [3.05, 3.63) is 42.2 Å². The molecule has 0 aliphatic rings. The molecule has 4 heteroatoms. The molecule has 0 N–H and O–H groups in total. The van der Waals surface area contributed by atoms with Gasteiger partial charge >= 0.3 is 0 Å². The van der Waals surface area contributed by atoms with E-state index in [1.165, 1.54) is 0 Å². The zero-order valence-electron chi connectivity index (χ0n) is 8.84. The summed E-state index contributed by atoms with van der Waals surface area (Å²) in [4.78, 5) is 8.17. The molecule has 0 aliphatic carbocycles. The van der Waals surface area contributed by atoms with E-state index in [0.717, 1.165) is 17.3 Å². The molecule has 0 radical (unpaired) electrons. The summed E-state index contributed by atoms with van der Waals surface area (Å²) in [6, 6.07) is 3.74.